The van der Waals surface area contributed by atoms with Crippen molar-refractivity contribution in [2.45, 2.75) is 39.3 Å². The number of aliphatic carboxylic acids is 1. The van der Waals surface area contributed by atoms with Gasteiger partial charge in [-0.3, -0.25) is 4.90 Å². The summed E-state index contributed by atoms with van der Waals surface area (Å²) in [5, 5.41) is 9.20. The van der Waals surface area contributed by atoms with Crippen molar-refractivity contribution in [3.63, 3.8) is 0 Å². The number of carbonyl (C=O) groups excluding carboxylic acids is 1. The number of anilines is 1. The van der Waals surface area contributed by atoms with Crippen LogP contribution in [0.2, 0.25) is 0 Å². The topological polar surface area (TPSA) is 66.8 Å². The van der Waals surface area contributed by atoms with Crippen molar-refractivity contribution in [1.29, 1.82) is 0 Å². The fraction of sp³-hybridized carbons (Fsp3) is 0.375. The van der Waals surface area contributed by atoms with Crippen molar-refractivity contribution in [3.8, 4) is 12.3 Å². The molecule has 5 nitrogen and oxygen atoms in total. The van der Waals surface area contributed by atoms with Crippen LogP contribution in [-0.2, 0) is 9.53 Å². The fourth-order valence-corrected chi connectivity index (χ4v) is 1.65. The van der Waals surface area contributed by atoms with E-state index in [1.54, 1.807) is 45.0 Å². The maximum Gasteiger partial charge on any atom is 0.415 e. The second kappa shape index (κ2) is 6.31. The third-order valence-corrected chi connectivity index (χ3v) is 2.63. The maximum atomic E-state index is 12.3. The number of carboxylic acids is 1. The van der Waals surface area contributed by atoms with E-state index in [0.29, 0.717) is 11.3 Å². The summed E-state index contributed by atoms with van der Waals surface area (Å²) in [4.78, 5) is 24.6. The number of carbonyl (C=O) groups is 2. The Kier molecular flexibility index (Phi) is 4.98. The van der Waals surface area contributed by atoms with E-state index in [4.69, 9.17) is 11.2 Å². The van der Waals surface area contributed by atoms with E-state index in [1.807, 2.05) is 0 Å². The second-order valence-electron chi connectivity index (χ2n) is 5.56. The van der Waals surface area contributed by atoms with Crippen molar-refractivity contribution < 1.29 is 19.4 Å². The van der Waals surface area contributed by atoms with Gasteiger partial charge in [-0.2, -0.15) is 0 Å². The zero-order chi connectivity index (χ0) is 16.2. The Bertz CT molecular complexity index is 581. The van der Waals surface area contributed by atoms with Gasteiger partial charge in [-0.05, 0) is 45.9 Å². The molecule has 1 aromatic carbocycles. The molecular weight excluding hydrogens is 270 g/mol. The zero-order valence-corrected chi connectivity index (χ0v) is 12.6. The summed E-state index contributed by atoms with van der Waals surface area (Å²) >= 11 is 0. The first-order chi connectivity index (χ1) is 9.65. The lowest BCUT2D eigenvalue weighted by atomic mass is 10.1. The first-order valence-electron chi connectivity index (χ1n) is 6.47. The van der Waals surface area contributed by atoms with Gasteiger partial charge in [0, 0.05) is 11.3 Å². The number of hydrogen-bond donors (Lipinski definition) is 1. The number of carboxylic acid groups (broad SMARTS) is 1. The molecule has 0 bridgehead atoms. The Morgan fingerprint density at radius 1 is 1.38 bits per heavy atom. The molecule has 0 aliphatic carbocycles. The quantitative estimate of drug-likeness (QED) is 0.869. The van der Waals surface area contributed by atoms with Crippen LogP contribution in [0.1, 0.15) is 33.3 Å². The molecule has 0 saturated heterocycles. The van der Waals surface area contributed by atoms with Crippen molar-refractivity contribution in [1.82, 2.24) is 0 Å². The van der Waals surface area contributed by atoms with E-state index >= 15 is 0 Å². The first-order valence-corrected chi connectivity index (χ1v) is 6.47. The molecule has 1 aromatic rings. The van der Waals surface area contributed by atoms with Crippen molar-refractivity contribution in [3.05, 3.63) is 29.8 Å². The molecular formula is C16H19NO4. The Labute approximate surface area is 124 Å². The highest BCUT2D eigenvalue weighted by Crippen LogP contribution is 2.22. The van der Waals surface area contributed by atoms with Gasteiger partial charge in [-0.25, -0.2) is 9.59 Å². The molecule has 1 unspecified atom stereocenters. The number of nitrogens with zero attached hydrogens (tertiary/aromatic N) is 1. The van der Waals surface area contributed by atoms with Crippen molar-refractivity contribution >= 4 is 17.7 Å². The van der Waals surface area contributed by atoms with Gasteiger partial charge in [0.1, 0.15) is 11.6 Å². The summed E-state index contributed by atoms with van der Waals surface area (Å²) in [6.07, 6.45) is 4.60. The molecule has 21 heavy (non-hydrogen) atoms. The lowest BCUT2D eigenvalue weighted by Gasteiger charge is -2.30. The van der Waals surface area contributed by atoms with Crippen LogP contribution in [0.3, 0.4) is 0 Å². The van der Waals surface area contributed by atoms with Gasteiger partial charge in [0.25, 0.3) is 0 Å². The zero-order valence-electron chi connectivity index (χ0n) is 12.6. The predicted octanol–water partition coefficient (Wildman–Crippen LogP) is 2.88. The highest BCUT2D eigenvalue weighted by molar-refractivity contribution is 5.95. The highest BCUT2D eigenvalue weighted by atomic mass is 16.6. The summed E-state index contributed by atoms with van der Waals surface area (Å²) in [7, 11) is 0. The van der Waals surface area contributed by atoms with E-state index < -0.39 is 23.7 Å². The monoisotopic (exact) mass is 289 g/mol. The largest absolute Gasteiger partial charge is 0.480 e. The van der Waals surface area contributed by atoms with Crippen LogP contribution in [0.4, 0.5) is 10.5 Å². The SMILES string of the molecule is C#Cc1cccc(N(C(=O)OC(C)(C)C)C(C)C(=O)O)c1. The molecule has 1 atom stereocenters. The average molecular weight is 289 g/mol. The van der Waals surface area contributed by atoms with E-state index in [2.05, 4.69) is 5.92 Å². The molecule has 1 amide bonds. The summed E-state index contributed by atoms with van der Waals surface area (Å²) in [6, 6.07) is 5.47. The third-order valence-electron chi connectivity index (χ3n) is 2.63. The molecule has 0 aromatic heterocycles. The Morgan fingerprint density at radius 2 is 2.00 bits per heavy atom. The van der Waals surface area contributed by atoms with Gasteiger partial charge < -0.3 is 9.84 Å². The van der Waals surface area contributed by atoms with Crippen molar-refractivity contribution in [2.24, 2.45) is 0 Å². The van der Waals surface area contributed by atoms with Gasteiger partial charge in [-0.15, -0.1) is 6.42 Å². The summed E-state index contributed by atoms with van der Waals surface area (Å²) in [5.41, 5.74) is 0.213. The lowest BCUT2D eigenvalue weighted by Crippen LogP contribution is -2.46. The molecule has 0 radical (unpaired) electrons. The second-order valence-corrected chi connectivity index (χ2v) is 5.56. The first kappa shape index (κ1) is 16.6. The van der Waals surface area contributed by atoms with Crippen LogP contribution in [0.25, 0.3) is 0 Å². The number of terminal acetylenes is 1. The molecule has 0 spiro atoms. The minimum absolute atomic E-state index is 0.384. The minimum atomic E-state index is -1.13. The highest BCUT2D eigenvalue weighted by Gasteiger charge is 2.31. The van der Waals surface area contributed by atoms with Gasteiger partial charge in [0.15, 0.2) is 0 Å². The van der Waals surface area contributed by atoms with E-state index in [0.717, 1.165) is 4.90 Å². The Hall–Kier alpha value is -2.48. The molecule has 1 N–H and O–H groups in total. The van der Waals surface area contributed by atoms with Crippen LogP contribution in [-0.4, -0.2) is 28.8 Å². The van der Waals surface area contributed by atoms with Gasteiger partial charge in [0.05, 0.1) is 0 Å². The fourth-order valence-electron chi connectivity index (χ4n) is 1.65. The summed E-state index contributed by atoms with van der Waals surface area (Å²) in [5.74, 6) is 1.32. The van der Waals surface area contributed by atoms with Crippen molar-refractivity contribution in [2.75, 3.05) is 4.90 Å². The Morgan fingerprint density at radius 3 is 2.48 bits per heavy atom. The van der Waals surface area contributed by atoms with Gasteiger partial charge in [-0.1, -0.05) is 12.0 Å². The Balaban J connectivity index is 3.22. The predicted molar refractivity (Wildman–Crippen MR) is 80.2 cm³/mol. The lowest BCUT2D eigenvalue weighted by molar-refractivity contribution is -0.138. The van der Waals surface area contributed by atoms with Gasteiger partial charge in [0.2, 0.25) is 0 Å². The standard InChI is InChI=1S/C16H19NO4/c1-6-12-8-7-9-13(10-12)17(11(2)14(18)19)15(20)21-16(3,4)5/h1,7-11H,2-5H3,(H,18,19). The number of ether oxygens (including phenoxy) is 1. The summed E-state index contributed by atoms with van der Waals surface area (Å²) < 4.78 is 5.27. The smallest absolute Gasteiger partial charge is 0.415 e. The molecule has 0 heterocycles. The molecule has 0 fully saturated rings. The van der Waals surface area contributed by atoms with E-state index in [1.165, 1.54) is 6.92 Å². The normalized spacial score (nSPS) is 12.1. The van der Waals surface area contributed by atoms with Gasteiger partial charge >= 0.3 is 12.1 Å². The minimum Gasteiger partial charge on any atom is -0.480 e. The van der Waals surface area contributed by atoms with Crippen LogP contribution in [0, 0.1) is 12.3 Å². The summed E-state index contributed by atoms with van der Waals surface area (Å²) in [6.45, 7) is 6.56. The van der Waals surface area contributed by atoms with Crippen LogP contribution >= 0.6 is 0 Å². The molecule has 0 aliphatic rings. The molecule has 112 valence electrons. The third kappa shape index (κ3) is 4.53. The van der Waals surface area contributed by atoms with Crippen LogP contribution < -0.4 is 4.90 Å². The maximum absolute atomic E-state index is 12.3. The number of hydrogen-bond acceptors (Lipinski definition) is 3. The van der Waals surface area contributed by atoms with Crippen LogP contribution in [0.15, 0.2) is 24.3 Å². The van der Waals surface area contributed by atoms with E-state index in [9.17, 15) is 14.7 Å². The molecule has 5 heteroatoms. The molecule has 0 saturated carbocycles. The average Bonchev–Trinajstić information content (AvgIpc) is 2.36. The molecule has 0 aliphatic heterocycles. The van der Waals surface area contributed by atoms with Crippen LogP contribution in [0.5, 0.6) is 0 Å². The number of rotatable bonds is 3. The number of benzene rings is 1. The molecule has 1 rings (SSSR count). The number of amides is 1. The van der Waals surface area contributed by atoms with E-state index in [-0.39, 0.29) is 0 Å².